The summed E-state index contributed by atoms with van der Waals surface area (Å²) in [5, 5.41) is 31.5. The molecule has 1 amide bonds. The van der Waals surface area contributed by atoms with Crippen molar-refractivity contribution in [1.82, 2.24) is 15.0 Å². The molecule has 0 radical (unpaired) electrons. The van der Waals surface area contributed by atoms with E-state index in [1.54, 1.807) is 90.3 Å². The molecule has 42 heavy (non-hydrogen) atoms. The molecule has 3 aromatic carbocycles. The molecular formula is C30H20N6O5S. The molecule has 206 valence electrons. The Morgan fingerprint density at radius 1 is 0.905 bits per heavy atom. The second-order valence-corrected chi connectivity index (χ2v) is 9.80. The van der Waals surface area contributed by atoms with Crippen LogP contribution in [0.5, 0.6) is 11.5 Å². The molecule has 0 spiro atoms. The summed E-state index contributed by atoms with van der Waals surface area (Å²) in [7, 11) is 0. The molecule has 0 fully saturated rings. The van der Waals surface area contributed by atoms with Gasteiger partial charge < -0.3 is 25.3 Å². The predicted molar refractivity (Wildman–Crippen MR) is 161 cm³/mol. The summed E-state index contributed by atoms with van der Waals surface area (Å²) >= 11 is 1.26. The number of nitroso groups, excluding NO2 is 1. The number of aromatic hydroxyl groups is 2. The Balaban J connectivity index is 1.31. The van der Waals surface area contributed by atoms with Crippen LogP contribution in [0.15, 0.2) is 93.8 Å². The van der Waals surface area contributed by atoms with Gasteiger partial charge in [0.05, 0.1) is 11.1 Å². The van der Waals surface area contributed by atoms with Gasteiger partial charge in [-0.1, -0.05) is 12.1 Å². The molecule has 0 aliphatic carbocycles. The minimum atomic E-state index is -0.414. The lowest BCUT2D eigenvalue weighted by Crippen LogP contribution is -2.12. The Morgan fingerprint density at radius 2 is 1.71 bits per heavy atom. The second-order valence-electron chi connectivity index (χ2n) is 8.94. The number of hydrogen-bond acceptors (Lipinski definition) is 11. The Bertz CT molecular complexity index is 1970. The number of nitrogens with one attached hydrogen (secondary N) is 2. The number of carbonyl (C=O) groups excluding carboxylic acids is 1. The Hall–Kier alpha value is -5.88. The Morgan fingerprint density at radius 3 is 2.50 bits per heavy atom. The van der Waals surface area contributed by atoms with E-state index in [2.05, 4.69) is 30.8 Å². The lowest BCUT2D eigenvalue weighted by molar-refractivity contribution is 0.102. The molecule has 0 saturated carbocycles. The van der Waals surface area contributed by atoms with Crippen molar-refractivity contribution in [1.29, 1.82) is 0 Å². The zero-order valence-electron chi connectivity index (χ0n) is 21.6. The van der Waals surface area contributed by atoms with E-state index in [4.69, 9.17) is 4.42 Å². The van der Waals surface area contributed by atoms with E-state index < -0.39 is 5.91 Å². The van der Waals surface area contributed by atoms with Gasteiger partial charge in [0.2, 0.25) is 0 Å². The lowest BCUT2D eigenvalue weighted by atomic mass is 10.2. The minimum absolute atomic E-state index is 0.0366. The van der Waals surface area contributed by atoms with Crippen LogP contribution < -0.4 is 10.6 Å². The molecular weight excluding hydrogens is 556 g/mol. The quantitative estimate of drug-likeness (QED) is 0.107. The highest BCUT2D eigenvalue weighted by atomic mass is 32.1. The van der Waals surface area contributed by atoms with Crippen molar-refractivity contribution in [3.63, 3.8) is 0 Å². The van der Waals surface area contributed by atoms with Gasteiger partial charge in [0.25, 0.3) is 11.8 Å². The first kappa shape index (κ1) is 26.3. The number of hydrogen-bond donors (Lipinski definition) is 4. The minimum Gasteiger partial charge on any atom is -0.508 e. The predicted octanol–water partition coefficient (Wildman–Crippen LogP) is 7.32. The summed E-state index contributed by atoms with van der Waals surface area (Å²) < 4.78 is 5.28. The smallest absolute Gasteiger partial charge is 0.275 e. The molecule has 6 rings (SSSR count). The van der Waals surface area contributed by atoms with Crippen molar-refractivity contribution in [3.05, 3.63) is 106 Å². The van der Waals surface area contributed by atoms with Crippen molar-refractivity contribution in [2.75, 3.05) is 10.6 Å². The first-order valence-electron chi connectivity index (χ1n) is 12.5. The molecule has 3 aromatic heterocycles. The standard InChI is InChI=1S/C30H20N6O5S/c37-19-8-5-17(6-9-19)31-28-22-15-18(32-29(39)24-16-42-30(34-24)21-3-1-2-4-25(21)38)7-12-23(22)33-26(35-28)13-10-20-11-14-27(36-40)41-20/h1-16,37-38H,(H,32,39)(H,31,33,35)/b13-10+. The highest BCUT2D eigenvalue weighted by molar-refractivity contribution is 7.13. The Kier molecular flexibility index (Phi) is 7.10. The zero-order chi connectivity index (χ0) is 29.1. The van der Waals surface area contributed by atoms with Crippen molar-refractivity contribution >= 4 is 63.4 Å². The van der Waals surface area contributed by atoms with E-state index in [1.807, 2.05) is 0 Å². The molecule has 4 N–H and O–H groups in total. The summed E-state index contributed by atoms with van der Waals surface area (Å²) in [5.41, 5.74) is 2.52. The molecule has 0 aliphatic rings. The third kappa shape index (κ3) is 5.69. The molecule has 0 atom stereocenters. The van der Waals surface area contributed by atoms with Gasteiger partial charge in [-0.3, -0.25) is 4.79 Å². The largest absolute Gasteiger partial charge is 0.508 e. The van der Waals surface area contributed by atoms with E-state index in [9.17, 15) is 19.9 Å². The number of carbonyl (C=O) groups is 1. The number of anilines is 3. The van der Waals surface area contributed by atoms with Crippen LogP contribution >= 0.6 is 11.3 Å². The van der Waals surface area contributed by atoms with Crippen LogP contribution in [-0.2, 0) is 0 Å². The molecule has 6 aromatic rings. The molecule has 0 aliphatic heterocycles. The van der Waals surface area contributed by atoms with E-state index in [-0.39, 0.29) is 23.1 Å². The van der Waals surface area contributed by atoms with Gasteiger partial charge in [-0.15, -0.1) is 16.2 Å². The number of benzene rings is 3. The third-order valence-corrected chi connectivity index (χ3v) is 6.95. The average molecular weight is 577 g/mol. The first-order chi connectivity index (χ1) is 20.4. The molecule has 0 saturated heterocycles. The number of thiazole rings is 1. The summed E-state index contributed by atoms with van der Waals surface area (Å²) in [5.74, 6) is 0.976. The van der Waals surface area contributed by atoms with Crippen LogP contribution in [0.25, 0.3) is 33.6 Å². The molecule has 11 nitrogen and oxygen atoms in total. The average Bonchev–Trinajstić information content (AvgIpc) is 3.68. The number of nitrogens with zero attached hydrogens (tertiary/aromatic N) is 4. The second kappa shape index (κ2) is 11.3. The van der Waals surface area contributed by atoms with Crippen molar-refractivity contribution < 1.29 is 19.4 Å². The van der Waals surface area contributed by atoms with Crippen LogP contribution in [0, 0.1) is 4.91 Å². The third-order valence-electron chi connectivity index (χ3n) is 6.07. The number of aromatic nitrogens is 3. The van der Waals surface area contributed by atoms with Gasteiger partial charge in [-0.2, -0.15) is 0 Å². The Labute approximate surface area is 241 Å². The highest BCUT2D eigenvalue weighted by Crippen LogP contribution is 2.32. The SMILES string of the molecule is O=Nc1ccc(/C=C/c2nc(Nc3ccc(O)cc3)c3cc(NC(=O)c4csc(-c5ccccc5O)n4)ccc3n2)o1. The van der Waals surface area contributed by atoms with E-state index in [0.717, 1.165) is 0 Å². The fourth-order valence-corrected chi connectivity index (χ4v) is 4.90. The maximum absolute atomic E-state index is 13.0. The number of amides is 1. The number of para-hydroxylation sites is 1. The molecule has 0 unspecified atom stereocenters. The van der Waals surface area contributed by atoms with Crippen LogP contribution in [0.2, 0.25) is 0 Å². The van der Waals surface area contributed by atoms with Crippen molar-refractivity contribution in [2.45, 2.75) is 0 Å². The van der Waals surface area contributed by atoms with Gasteiger partial charge >= 0.3 is 0 Å². The maximum Gasteiger partial charge on any atom is 0.275 e. The van der Waals surface area contributed by atoms with E-state index >= 15 is 0 Å². The van der Waals surface area contributed by atoms with E-state index in [1.165, 1.54) is 17.4 Å². The zero-order valence-corrected chi connectivity index (χ0v) is 22.4. The van der Waals surface area contributed by atoms with Gasteiger partial charge in [-0.05, 0) is 72.8 Å². The number of rotatable bonds is 8. The van der Waals surface area contributed by atoms with Crippen LogP contribution in [0.3, 0.4) is 0 Å². The number of furan rings is 1. The number of phenolic OH excluding ortho intramolecular Hbond substituents is 2. The summed E-state index contributed by atoms with van der Waals surface area (Å²) in [6.07, 6.45) is 3.25. The maximum atomic E-state index is 13.0. The van der Waals surface area contributed by atoms with Gasteiger partial charge in [0.15, 0.2) is 5.82 Å². The molecule has 12 heteroatoms. The fraction of sp³-hybridized carbons (Fsp3) is 0. The van der Waals surface area contributed by atoms with Crippen LogP contribution in [-0.4, -0.2) is 31.1 Å². The molecule has 0 bridgehead atoms. The lowest BCUT2D eigenvalue weighted by Gasteiger charge is -2.12. The number of fused-ring (bicyclic) bond motifs is 1. The fourth-order valence-electron chi connectivity index (χ4n) is 4.06. The van der Waals surface area contributed by atoms with Gasteiger partial charge in [-0.25, -0.2) is 15.0 Å². The highest BCUT2D eigenvalue weighted by Gasteiger charge is 2.15. The topological polar surface area (TPSA) is 163 Å². The number of phenols is 2. The van der Waals surface area contributed by atoms with Crippen molar-refractivity contribution in [2.24, 2.45) is 5.18 Å². The van der Waals surface area contributed by atoms with Crippen LogP contribution in [0.1, 0.15) is 22.1 Å². The molecule has 3 heterocycles. The van der Waals surface area contributed by atoms with Gasteiger partial charge in [0.1, 0.15) is 33.8 Å². The van der Waals surface area contributed by atoms with Crippen LogP contribution in [0.4, 0.5) is 23.1 Å². The van der Waals surface area contributed by atoms with E-state index in [0.29, 0.717) is 50.3 Å². The van der Waals surface area contributed by atoms with Crippen molar-refractivity contribution in [3.8, 4) is 22.1 Å². The first-order valence-corrected chi connectivity index (χ1v) is 13.4. The normalized spacial score (nSPS) is 11.1. The van der Waals surface area contributed by atoms with Gasteiger partial charge in [0, 0.05) is 33.4 Å². The summed E-state index contributed by atoms with van der Waals surface area (Å²) in [4.78, 5) is 37.4. The summed E-state index contributed by atoms with van der Waals surface area (Å²) in [6, 6.07) is 21.6. The summed E-state index contributed by atoms with van der Waals surface area (Å²) in [6.45, 7) is 0. The monoisotopic (exact) mass is 576 g/mol.